The van der Waals surface area contributed by atoms with Crippen LogP contribution in [0, 0.1) is 3.57 Å². The first-order valence-electron chi connectivity index (χ1n) is 5.82. The SMILES string of the molecule is O=C1C=C(c2cccc(I)c2)C(=O)c2ccccc21. The van der Waals surface area contributed by atoms with Crippen LogP contribution in [0.1, 0.15) is 26.3 Å². The van der Waals surface area contributed by atoms with Crippen LogP contribution in [0.25, 0.3) is 5.57 Å². The van der Waals surface area contributed by atoms with Crippen molar-refractivity contribution in [2.45, 2.75) is 0 Å². The Bertz CT molecular complexity index is 729. The first-order chi connectivity index (χ1) is 9.16. The summed E-state index contributed by atoms with van der Waals surface area (Å²) in [5.41, 5.74) is 2.24. The molecule has 0 amide bonds. The molecule has 0 heterocycles. The Morgan fingerprint density at radius 3 is 2.32 bits per heavy atom. The van der Waals surface area contributed by atoms with E-state index in [1.165, 1.54) is 6.08 Å². The molecule has 0 spiro atoms. The highest BCUT2D eigenvalue weighted by Crippen LogP contribution is 2.28. The molecule has 0 saturated carbocycles. The second kappa shape index (κ2) is 4.74. The number of hydrogen-bond donors (Lipinski definition) is 0. The smallest absolute Gasteiger partial charge is 0.194 e. The summed E-state index contributed by atoms with van der Waals surface area (Å²) < 4.78 is 1.04. The van der Waals surface area contributed by atoms with Gasteiger partial charge in [0.1, 0.15) is 0 Å². The highest BCUT2D eigenvalue weighted by atomic mass is 127. The van der Waals surface area contributed by atoms with Gasteiger partial charge < -0.3 is 0 Å². The molecule has 3 heteroatoms. The maximum Gasteiger partial charge on any atom is 0.194 e. The first-order valence-corrected chi connectivity index (χ1v) is 6.90. The molecule has 0 atom stereocenters. The van der Waals surface area contributed by atoms with Crippen molar-refractivity contribution >= 4 is 39.7 Å². The summed E-state index contributed by atoms with van der Waals surface area (Å²) in [5, 5.41) is 0. The molecule has 0 unspecified atom stereocenters. The van der Waals surface area contributed by atoms with Crippen LogP contribution in [0.3, 0.4) is 0 Å². The van der Waals surface area contributed by atoms with Crippen molar-refractivity contribution in [2.24, 2.45) is 0 Å². The van der Waals surface area contributed by atoms with Crippen molar-refractivity contribution in [1.82, 2.24) is 0 Å². The Balaban J connectivity index is 2.16. The van der Waals surface area contributed by atoms with Crippen LogP contribution in [0.15, 0.2) is 54.6 Å². The van der Waals surface area contributed by atoms with E-state index in [4.69, 9.17) is 0 Å². The Morgan fingerprint density at radius 2 is 1.58 bits per heavy atom. The summed E-state index contributed by atoms with van der Waals surface area (Å²) in [6, 6.07) is 14.5. The van der Waals surface area contributed by atoms with Crippen molar-refractivity contribution in [3.8, 4) is 0 Å². The molecule has 0 bridgehead atoms. The Hall–Kier alpha value is -1.75. The van der Waals surface area contributed by atoms with Crippen molar-refractivity contribution in [2.75, 3.05) is 0 Å². The average molecular weight is 360 g/mol. The van der Waals surface area contributed by atoms with Crippen LogP contribution in [-0.4, -0.2) is 11.6 Å². The first kappa shape index (κ1) is 12.3. The second-order valence-corrected chi connectivity index (χ2v) is 5.55. The molecule has 2 aromatic rings. The van der Waals surface area contributed by atoms with E-state index in [1.54, 1.807) is 24.3 Å². The lowest BCUT2D eigenvalue weighted by Crippen LogP contribution is -2.16. The lowest BCUT2D eigenvalue weighted by atomic mass is 9.86. The zero-order valence-electron chi connectivity index (χ0n) is 9.89. The summed E-state index contributed by atoms with van der Waals surface area (Å²) in [7, 11) is 0. The van der Waals surface area contributed by atoms with Crippen molar-refractivity contribution in [1.29, 1.82) is 0 Å². The van der Waals surface area contributed by atoms with Crippen LogP contribution in [0.4, 0.5) is 0 Å². The molecule has 3 rings (SSSR count). The quantitative estimate of drug-likeness (QED) is 0.726. The minimum atomic E-state index is -0.107. The van der Waals surface area contributed by atoms with Crippen LogP contribution < -0.4 is 0 Å². The molecule has 0 N–H and O–H groups in total. The highest BCUT2D eigenvalue weighted by molar-refractivity contribution is 14.1. The molecule has 2 aromatic carbocycles. The molecule has 1 aliphatic rings. The molecular formula is C16H9IO2. The van der Waals surface area contributed by atoms with Crippen molar-refractivity contribution in [3.05, 3.63) is 74.9 Å². The molecule has 1 aliphatic carbocycles. The zero-order chi connectivity index (χ0) is 13.4. The molecule has 92 valence electrons. The number of carbonyl (C=O) groups is 2. The number of benzene rings is 2. The van der Waals surface area contributed by atoms with Gasteiger partial charge in [0.15, 0.2) is 11.6 Å². The van der Waals surface area contributed by atoms with Gasteiger partial charge in [-0.2, -0.15) is 0 Å². The number of hydrogen-bond acceptors (Lipinski definition) is 2. The van der Waals surface area contributed by atoms with Gasteiger partial charge in [-0.05, 0) is 46.4 Å². The van der Waals surface area contributed by atoms with Gasteiger partial charge in [-0.3, -0.25) is 9.59 Å². The molecular weight excluding hydrogens is 351 g/mol. The maximum absolute atomic E-state index is 12.5. The Kier molecular flexibility index (Phi) is 3.06. The summed E-state index contributed by atoms with van der Waals surface area (Å²) in [6.07, 6.45) is 1.44. The van der Waals surface area contributed by atoms with Crippen LogP contribution >= 0.6 is 22.6 Å². The molecule has 19 heavy (non-hydrogen) atoms. The second-order valence-electron chi connectivity index (χ2n) is 4.31. The molecule has 0 aliphatic heterocycles. The van der Waals surface area contributed by atoms with Gasteiger partial charge in [0.25, 0.3) is 0 Å². The fourth-order valence-electron chi connectivity index (χ4n) is 2.19. The maximum atomic E-state index is 12.5. The predicted octanol–water partition coefficient (Wildman–Crippen LogP) is 3.75. The van der Waals surface area contributed by atoms with Crippen LogP contribution in [0.5, 0.6) is 0 Å². The fraction of sp³-hybridized carbons (Fsp3) is 0. The van der Waals surface area contributed by atoms with Gasteiger partial charge in [0, 0.05) is 20.3 Å². The molecule has 0 radical (unpaired) electrons. The van der Waals surface area contributed by atoms with Gasteiger partial charge in [-0.25, -0.2) is 0 Å². The molecule has 2 nitrogen and oxygen atoms in total. The monoisotopic (exact) mass is 360 g/mol. The highest BCUT2D eigenvalue weighted by Gasteiger charge is 2.25. The van der Waals surface area contributed by atoms with Gasteiger partial charge >= 0.3 is 0 Å². The Labute approximate surface area is 124 Å². The number of Topliss-reactive ketones (excluding diaryl/α,β-unsaturated/α-hetero) is 1. The third-order valence-electron chi connectivity index (χ3n) is 3.09. The van der Waals surface area contributed by atoms with Crippen molar-refractivity contribution in [3.63, 3.8) is 0 Å². The minimum Gasteiger partial charge on any atom is -0.289 e. The summed E-state index contributed by atoms with van der Waals surface area (Å²) in [4.78, 5) is 24.5. The number of rotatable bonds is 1. The average Bonchev–Trinajstić information content (AvgIpc) is 2.43. The number of ketones is 2. The predicted molar refractivity (Wildman–Crippen MR) is 82.2 cm³/mol. The van der Waals surface area contributed by atoms with E-state index in [2.05, 4.69) is 22.6 Å². The van der Waals surface area contributed by atoms with E-state index in [9.17, 15) is 9.59 Å². The largest absolute Gasteiger partial charge is 0.289 e. The number of fused-ring (bicyclic) bond motifs is 1. The van der Waals surface area contributed by atoms with Crippen LogP contribution in [0.2, 0.25) is 0 Å². The lowest BCUT2D eigenvalue weighted by molar-refractivity contribution is 0.100. The lowest BCUT2D eigenvalue weighted by Gasteiger charge is -2.15. The van der Waals surface area contributed by atoms with Crippen LogP contribution in [-0.2, 0) is 0 Å². The van der Waals surface area contributed by atoms with E-state index < -0.39 is 0 Å². The normalized spacial score (nSPS) is 14.1. The van der Waals surface area contributed by atoms with E-state index >= 15 is 0 Å². The minimum absolute atomic E-state index is 0.0859. The molecule has 0 saturated heterocycles. The summed E-state index contributed by atoms with van der Waals surface area (Å²) in [6.45, 7) is 0. The van der Waals surface area contributed by atoms with Crippen molar-refractivity contribution < 1.29 is 9.59 Å². The third-order valence-corrected chi connectivity index (χ3v) is 3.76. The van der Waals surface area contributed by atoms with E-state index in [1.807, 2.05) is 24.3 Å². The van der Waals surface area contributed by atoms with Gasteiger partial charge in [-0.1, -0.05) is 36.4 Å². The topological polar surface area (TPSA) is 34.1 Å². The zero-order valence-corrected chi connectivity index (χ0v) is 12.0. The Morgan fingerprint density at radius 1 is 0.842 bits per heavy atom. The summed E-state index contributed by atoms with van der Waals surface area (Å²) in [5.74, 6) is -0.193. The summed E-state index contributed by atoms with van der Waals surface area (Å²) >= 11 is 2.19. The third kappa shape index (κ3) is 2.14. The number of halogens is 1. The van der Waals surface area contributed by atoms with Gasteiger partial charge in [0.2, 0.25) is 0 Å². The molecule has 0 fully saturated rings. The van der Waals surface area contributed by atoms with E-state index in [0.29, 0.717) is 16.7 Å². The van der Waals surface area contributed by atoms with E-state index in [0.717, 1.165) is 9.13 Å². The van der Waals surface area contributed by atoms with Gasteiger partial charge in [0.05, 0.1) is 0 Å². The number of allylic oxidation sites excluding steroid dienone is 2. The number of carbonyl (C=O) groups excluding carboxylic acids is 2. The van der Waals surface area contributed by atoms with Gasteiger partial charge in [-0.15, -0.1) is 0 Å². The molecule has 0 aromatic heterocycles. The van der Waals surface area contributed by atoms with E-state index in [-0.39, 0.29) is 11.6 Å². The fourth-order valence-corrected chi connectivity index (χ4v) is 2.73. The standard InChI is InChI=1S/C16H9IO2/c17-11-5-3-4-10(8-11)14-9-15(18)12-6-1-2-7-13(12)16(14)19/h1-9H.